The Kier molecular flexibility index (Phi) is 7.10. The van der Waals surface area contributed by atoms with Gasteiger partial charge in [0.2, 0.25) is 5.88 Å². The Morgan fingerprint density at radius 2 is 1.97 bits per heavy atom. The predicted octanol–water partition coefficient (Wildman–Crippen LogP) is 4.67. The molecule has 1 N–H and O–H groups in total. The van der Waals surface area contributed by atoms with Crippen LogP contribution in [-0.2, 0) is 6.42 Å². The molecule has 1 amide bonds. The summed E-state index contributed by atoms with van der Waals surface area (Å²) in [4.78, 5) is 32.2. The van der Waals surface area contributed by atoms with Crippen LogP contribution in [-0.4, -0.2) is 38.6 Å². The highest BCUT2D eigenvalue weighted by atomic mass is 19.1. The van der Waals surface area contributed by atoms with Gasteiger partial charge in [-0.15, -0.1) is 0 Å². The minimum atomic E-state index is -0.709. The third-order valence-electron chi connectivity index (χ3n) is 6.61. The maximum atomic E-state index is 13.7. The van der Waals surface area contributed by atoms with Gasteiger partial charge in [-0.05, 0) is 43.0 Å². The molecular formula is C27H30FN3O3. The van der Waals surface area contributed by atoms with Gasteiger partial charge in [-0.25, -0.2) is 4.39 Å². The molecule has 0 bridgehead atoms. The van der Waals surface area contributed by atoms with Crippen LogP contribution in [0.1, 0.15) is 72.4 Å². The molecule has 1 unspecified atom stereocenters. The number of aromatic hydroxyl groups is 1. The first-order valence-electron chi connectivity index (χ1n) is 11.8. The Balaban J connectivity index is 1.69. The Hall–Kier alpha value is -3.48. The molecule has 1 fully saturated rings. The number of aryl methyl sites for hydroxylation is 1. The summed E-state index contributed by atoms with van der Waals surface area (Å²) in [5.74, 6) is -0.753. The smallest absolute Gasteiger partial charge is 0.289 e. The molecule has 4 rings (SSSR count). The fourth-order valence-electron chi connectivity index (χ4n) is 4.69. The number of hydrogen-bond donors (Lipinski definition) is 1. The lowest BCUT2D eigenvalue weighted by molar-refractivity contribution is 0.0783. The largest absolute Gasteiger partial charge is 0.494 e. The molecule has 2 atom stereocenters. The normalized spacial score (nSPS) is 16.6. The molecule has 7 heteroatoms. The quantitative estimate of drug-likeness (QED) is 0.553. The second kappa shape index (κ2) is 10.2. The van der Waals surface area contributed by atoms with Crippen molar-refractivity contribution in [2.24, 2.45) is 0 Å². The highest BCUT2D eigenvalue weighted by Crippen LogP contribution is 2.31. The van der Waals surface area contributed by atoms with E-state index in [-0.39, 0.29) is 29.2 Å². The van der Waals surface area contributed by atoms with E-state index in [1.54, 1.807) is 15.5 Å². The molecule has 1 saturated heterocycles. The van der Waals surface area contributed by atoms with Crippen LogP contribution in [0.15, 0.2) is 59.4 Å². The topological polar surface area (TPSA) is 75.4 Å². The average molecular weight is 464 g/mol. The molecule has 2 heterocycles. The number of hydrogen-bond acceptors (Lipinski definition) is 4. The van der Waals surface area contributed by atoms with Crippen molar-refractivity contribution in [3.05, 3.63) is 93.3 Å². The van der Waals surface area contributed by atoms with Crippen LogP contribution in [0.25, 0.3) is 0 Å². The van der Waals surface area contributed by atoms with Crippen LogP contribution >= 0.6 is 0 Å². The first-order chi connectivity index (χ1) is 16.4. The zero-order valence-electron chi connectivity index (χ0n) is 19.6. The lowest BCUT2D eigenvalue weighted by atomic mass is 9.98. The molecule has 1 aliphatic heterocycles. The number of benzene rings is 2. The minimum absolute atomic E-state index is 0.0240. The number of likely N-dealkylation sites (tertiary alicyclic amines) is 1. The van der Waals surface area contributed by atoms with Gasteiger partial charge in [-0.1, -0.05) is 55.8 Å². The standard InChI is InChI=1S/C27H30FN3O3/c1-3-4-13-23-29-25(32)24(27(34)31(23)18(2)19-9-6-5-7-10-19)26(33)30-15-14-21(17-30)20-11-8-12-22(28)16-20/h5-12,16,18,21,34H,3-4,13-15,17H2,1-2H3/t18-,21?/m0/s1. The summed E-state index contributed by atoms with van der Waals surface area (Å²) in [6, 6.07) is 15.7. The second-order valence-corrected chi connectivity index (χ2v) is 8.88. The summed E-state index contributed by atoms with van der Waals surface area (Å²) in [5, 5.41) is 11.3. The molecule has 6 nitrogen and oxygen atoms in total. The van der Waals surface area contributed by atoms with Crippen molar-refractivity contribution in [3.8, 4) is 5.88 Å². The number of amides is 1. The molecule has 2 aromatic carbocycles. The van der Waals surface area contributed by atoms with E-state index in [1.807, 2.05) is 50.2 Å². The summed E-state index contributed by atoms with van der Waals surface area (Å²) < 4.78 is 15.3. The SMILES string of the molecule is CCCCc1nc(=O)c(C(=O)N2CCC(c3cccc(F)c3)C2)c(O)n1[C@@H](C)c1ccccc1. The average Bonchev–Trinajstić information content (AvgIpc) is 3.33. The third-order valence-corrected chi connectivity index (χ3v) is 6.61. The Morgan fingerprint density at radius 1 is 1.21 bits per heavy atom. The third kappa shape index (κ3) is 4.74. The van der Waals surface area contributed by atoms with Crippen LogP contribution in [0, 0.1) is 5.82 Å². The monoisotopic (exact) mass is 463 g/mol. The number of carbonyl (C=O) groups excluding carboxylic acids is 1. The fraction of sp³-hybridized carbons (Fsp3) is 0.370. The zero-order valence-corrected chi connectivity index (χ0v) is 19.6. The van der Waals surface area contributed by atoms with E-state index in [0.717, 1.165) is 24.0 Å². The minimum Gasteiger partial charge on any atom is -0.494 e. The van der Waals surface area contributed by atoms with E-state index >= 15 is 0 Å². The molecule has 0 spiro atoms. The van der Waals surface area contributed by atoms with E-state index in [0.29, 0.717) is 31.8 Å². The number of carbonyl (C=O) groups is 1. The van der Waals surface area contributed by atoms with Crippen molar-refractivity contribution in [1.29, 1.82) is 0 Å². The molecular weight excluding hydrogens is 433 g/mol. The summed E-state index contributed by atoms with van der Waals surface area (Å²) >= 11 is 0. The summed E-state index contributed by atoms with van der Waals surface area (Å²) in [5.41, 5.74) is 0.747. The van der Waals surface area contributed by atoms with E-state index in [1.165, 1.54) is 12.1 Å². The lowest BCUT2D eigenvalue weighted by Gasteiger charge is -2.24. The molecule has 3 aromatic rings. The van der Waals surface area contributed by atoms with Crippen LogP contribution in [0.3, 0.4) is 0 Å². The van der Waals surface area contributed by atoms with Gasteiger partial charge in [0.1, 0.15) is 11.6 Å². The van der Waals surface area contributed by atoms with Crippen LogP contribution in [0.4, 0.5) is 4.39 Å². The van der Waals surface area contributed by atoms with Crippen molar-refractivity contribution in [2.75, 3.05) is 13.1 Å². The van der Waals surface area contributed by atoms with Gasteiger partial charge in [-0.3, -0.25) is 14.2 Å². The van der Waals surface area contributed by atoms with Gasteiger partial charge < -0.3 is 10.0 Å². The van der Waals surface area contributed by atoms with E-state index < -0.39 is 11.5 Å². The fourth-order valence-corrected chi connectivity index (χ4v) is 4.69. The molecule has 1 aliphatic rings. The number of halogens is 1. The number of unbranched alkanes of at least 4 members (excludes halogenated alkanes) is 1. The summed E-state index contributed by atoms with van der Waals surface area (Å²) in [6.07, 6.45) is 2.90. The Bertz CT molecular complexity index is 1230. The van der Waals surface area contributed by atoms with Gasteiger partial charge in [-0.2, -0.15) is 4.98 Å². The van der Waals surface area contributed by atoms with Crippen molar-refractivity contribution in [3.63, 3.8) is 0 Å². The molecule has 0 aliphatic carbocycles. The Labute approximate surface area is 198 Å². The van der Waals surface area contributed by atoms with E-state index in [4.69, 9.17) is 0 Å². The van der Waals surface area contributed by atoms with Gasteiger partial charge in [0.05, 0.1) is 6.04 Å². The summed E-state index contributed by atoms with van der Waals surface area (Å²) in [6.45, 7) is 4.74. The van der Waals surface area contributed by atoms with Crippen LogP contribution in [0.5, 0.6) is 5.88 Å². The maximum Gasteiger partial charge on any atom is 0.289 e. The number of rotatable bonds is 7. The first-order valence-corrected chi connectivity index (χ1v) is 11.8. The molecule has 34 heavy (non-hydrogen) atoms. The summed E-state index contributed by atoms with van der Waals surface area (Å²) in [7, 11) is 0. The molecule has 0 radical (unpaired) electrons. The van der Waals surface area contributed by atoms with Gasteiger partial charge in [0.15, 0.2) is 5.56 Å². The van der Waals surface area contributed by atoms with Crippen molar-refractivity contribution in [2.45, 2.75) is 51.5 Å². The van der Waals surface area contributed by atoms with E-state index in [9.17, 15) is 19.1 Å². The van der Waals surface area contributed by atoms with Gasteiger partial charge >= 0.3 is 0 Å². The highest BCUT2D eigenvalue weighted by Gasteiger charge is 2.33. The Morgan fingerprint density at radius 3 is 2.68 bits per heavy atom. The second-order valence-electron chi connectivity index (χ2n) is 8.88. The van der Waals surface area contributed by atoms with Crippen molar-refractivity contribution >= 4 is 5.91 Å². The predicted molar refractivity (Wildman–Crippen MR) is 129 cm³/mol. The number of aromatic nitrogens is 2. The van der Waals surface area contributed by atoms with Crippen LogP contribution in [0.2, 0.25) is 0 Å². The van der Waals surface area contributed by atoms with Crippen molar-refractivity contribution in [1.82, 2.24) is 14.5 Å². The maximum absolute atomic E-state index is 13.7. The molecule has 178 valence electrons. The van der Waals surface area contributed by atoms with Gasteiger partial charge in [0.25, 0.3) is 11.5 Å². The molecule has 0 saturated carbocycles. The van der Waals surface area contributed by atoms with Crippen molar-refractivity contribution < 1.29 is 14.3 Å². The zero-order chi connectivity index (χ0) is 24.2. The van der Waals surface area contributed by atoms with Crippen LogP contribution < -0.4 is 5.56 Å². The highest BCUT2D eigenvalue weighted by molar-refractivity contribution is 5.96. The van der Waals surface area contributed by atoms with Gasteiger partial charge in [0, 0.05) is 25.4 Å². The number of nitrogens with zero attached hydrogens (tertiary/aromatic N) is 3. The van der Waals surface area contributed by atoms with E-state index in [2.05, 4.69) is 4.98 Å². The molecule has 1 aromatic heterocycles. The lowest BCUT2D eigenvalue weighted by Crippen LogP contribution is -2.35. The first kappa shape index (κ1) is 23.7.